The number of nitrogens with zero attached hydrogens (tertiary/aromatic N) is 1. The van der Waals surface area contributed by atoms with E-state index in [0.717, 1.165) is 5.69 Å². The van der Waals surface area contributed by atoms with Crippen LogP contribution in [0.4, 0.5) is 5.69 Å². The van der Waals surface area contributed by atoms with Gasteiger partial charge in [0.15, 0.2) is 5.96 Å². The highest BCUT2D eigenvalue weighted by Crippen LogP contribution is 2.07. The van der Waals surface area contributed by atoms with Crippen molar-refractivity contribution in [3.63, 3.8) is 0 Å². The molecule has 1 aromatic rings. The van der Waals surface area contributed by atoms with Gasteiger partial charge in [-0.25, -0.2) is 4.99 Å². The van der Waals surface area contributed by atoms with Gasteiger partial charge in [-0.3, -0.25) is 4.79 Å². The number of rotatable bonds is 4. The predicted molar refractivity (Wildman–Crippen MR) is 69.5 cm³/mol. The summed E-state index contributed by atoms with van der Waals surface area (Å²) in [5.74, 6) is -0.268. The molecule has 0 fully saturated rings. The second-order valence-electron chi connectivity index (χ2n) is 4.10. The van der Waals surface area contributed by atoms with Gasteiger partial charge in [-0.2, -0.15) is 0 Å². The van der Waals surface area contributed by atoms with Gasteiger partial charge in [-0.05, 0) is 18.1 Å². The molecule has 1 rings (SSSR count). The Balaban J connectivity index is 2.74. The van der Waals surface area contributed by atoms with Crippen molar-refractivity contribution in [3.05, 3.63) is 30.3 Å². The number of anilines is 1. The zero-order chi connectivity index (χ0) is 12.8. The van der Waals surface area contributed by atoms with Crippen LogP contribution in [-0.4, -0.2) is 17.9 Å². The minimum absolute atomic E-state index is 0.0172. The summed E-state index contributed by atoms with van der Waals surface area (Å²) in [5.41, 5.74) is 11.8. The molecule has 5 heteroatoms. The molecule has 0 saturated carbocycles. The Morgan fingerprint density at radius 2 is 1.82 bits per heavy atom. The van der Waals surface area contributed by atoms with Crippen LogP contribution in [0.2, 0.25) is 0 Å². The molecule has 17 heavy (non-hydrogen) atoms. The van der Waals surface area contributed by atoms with E-state index < -0.39 is 11.9 Å². The predicted octanol–water partition coefficient (Wildman–Crippen LogP) is 0.923. The Morgan fingerprint density at radius 1 is 1.24 bits per heavy atom. The molecular weight excluding hydrogens is 216 g/mol. The van der Waals surface area contributed by atoms with E-state index in [1.165, 1.54) is 0 Å². The molecule has 0 radical (unpaired) electrons. The van der Waals surface area contributed by atoms with Gasteiger partial charge < -0.3 is 16.8 Å². The highest BCUT2D eigenvalue weighted by atomic mass is 16.1. The lowest BCUT2D eigenvalue weighted by Gasteiger charge is -2.14. The van der Waals surface area contributed by atoms with Crippen molar-refractivity contribution >= 4 is 17.6 Å². The normalized spacial score (nSPS) is 13.5. The van der Waals surface area contributed by atoms with Gasteiger partial charge in [0.2, 0.25) is 5.91 Å². The number of nitrogens with one attached hydrogen (secondary N) is 1. The van der Waals surface area contributed by atoms with Crippen LogP contribution < -0.4 is 16.8 Å². The lowest BCUT2D eigenvalue weighted by Crippen LogP contribution is -2.35. The fourth-order valence-corrected chi connectivity index (χ4v) is 1.39. The Bertz CT molecular complexity index is 400. The zero-order valence-electron chi connectivity index (χ0n) is 10.1. The first kappa shape index (κ1) is 13.0. The summed E-state index contributed by atoms with van der Waals surface area (Å²) >= 11 is 0. The third-order valence-corrected chi connectivity index (χ3v) is 2.25. The summed E-state index contributed by atoms with van der Waals surface area (Å²) in [5, 5.41) is 2.90. The fourth-order valence-electron chi connectivity index (χ4n) is 1.39. The number of amides is 1. The third-order valence-electron chi connectivity index (χ3n) is 2.25. The third kappa shape index (κ3) is 4.14. The molecule has 5 N–H and O–H groups in total. The van der Waals surface area contributed by atoms with Gasteiger partial charge >= 0.3 is 0 Å². The van der Waals surface area contributed by atoms with Crippen LogP contribution in [-0.2, 0) is 4.79 Å². The standard InChI is InChI=1S/C12H18N4O/c1-8(2)10(11(13)17)16-12(14)15-9-6-4-3-5-7-9/h3-8,10H,1-2H3,(H2,13,17)(H3,14,15,16). The molecule has 0 aliphatic carbocycles. The number of aliphatic imine (C=N–C) groups is 1. The second kappa shape index (κ2) is 5.89. The van der Waals surface area contributed by atoms with Crippen LogP contribution in [0.25, 0.3) is 0 Å². The summed E-state index contributed by atoms with van der Waals surface area (Å²) in [6.45, 7) is 3.74. The van der Waals surface area contributed by atoms with Crippen LogP contribution in [0.1, 0.15) is 13.8 Å². The molecule has 92 valence electrons. The molecule has 5 nitrogen and oxygen atoms in total. The molecule has 0 spiro atoms. The molecule has 1 amide bonds. The average molecular weight is 234 g/mol. The Kier molecular flexibility index (Phi) is 4.51. The highest BCUT2D eigenvalue weighted by molar-refractivity contribution is 5.94. The molecule has 0 aliphatic rings. The number of benzene rings is 1. The average Bonchev–Trinajstić information content (AvgIpc) is 2.26. The first-order chi connectivity index (χ1) is 8.00. The highest BCUT2D eigenvalue weighted by Gasteiger charge is 2.18. The lowest BCUT2D eigenvalue weighted by molar-refractivity contribution is -0.120. The lowest BCUT2D eigenvalue weighted by atomic mass is 10.1. The van der Waals surface area contributed by atoms with Crippen molar-refractivity contribution in [3.8, 4) is 0 Å². The number of nitrogens with two attached hydrogens (primary N) is 2. The maximum absolute atomic E-state index is 11.2. The van der Waals surface area contributed by atoms with E-state index in [4.69, 9.17) is 11.5 Å². The monoisotopic (exact) mass is 234 g/mol. The van der Waals surface area contributed by atoms with Crippen molar-refractivity contribution < 1.29 is 4.79 Å². The molecule has 1 aromatic carbocycles. The second-order valence-corrected chi connectivity index (χ2v) is 4.10. The van der Waals surface area contributed by atoms with E-state index >= 15 is 0 Å². The maximum atomic E-state index is 11.2. The molecule has 0 aromatic heterocycles. The van der Waals surface area contributed by atoms with Crippen LogP contribution in [0, 0.1) is 5.92 Å². The summed E-state index contributed by atoms with van der Waals surface area (Å²) in [6, 6.07) is 8.77. The fraction of sp³-hybridized carbons (Fsp3) is 0.333. The van der Waals surface area contributed by atoms with E-state index in [1.54, 1.807) is 0 Å². The topological polar surface area (TPSA) is 93.5 Å². The number of primary amides is 1. The first-order valence-electron chi connectivity index (χ1n) is 5.45. The van der Waals surface area contributed by atoms with Crippen LogP contribution in [0.15, 0.2) is 35.3 Å². The van der Waals surface area contributed by atoms with Crippen molar-refractivity contribution in [2.75, 3.05) is 5.32 Å². The van der Waals surface area contributed by atoms with Crippen molar-refractivity contribution in [2.24, 2.45) is 22.4 Å². The molecular formula is C12H18N4O. The molecule has 0 saturated heterocycles. The van der Waals surface area contributed by atoms with Gasteiger partial charge in [-0.15, -0.1) is 0 Å². The van der Waals surface area contributed by atoms with Gasteiger partial charge in [0.05, 0.1) is 0 Å². The molecule has 1 atom stereocenters. The number of carbonyl (C=O) groups is 1. The van der Waals surface area contributed by atoms with Crippen LogP contribution in [0.3, 0.4) is 0 Å². The SMILES string of the molecule is CC(C)C(N=C(N)Nc1ccccc1)C(N)=O. The van der Waals surface area contributed by atoms with Gasteiger partial charge in [0.1, 0.15) is 6.04 Å². The molecule has 0 aliphatic heterocycles. The summed E-state index contributed by atoms with van der Waals surface area (Å²) < 4.78 is 0. The van der Waals surface area contributed by atoms with E-state index in [2.05, 4.69) is 10.3 Å². The zero-order valence-corrected chi connectivity index (χ0v) is 10.1. The Morgan fingerprint density at radius 3 is 2.29 bits per heavy atom. The minimum atomic E-state index is -0.605. The number of guanidine groups is 1. The minimum Gasteiger partial charge on any atom is -0.370 e. The van der Waals surface area contributed by atoms with E-state index in [-0.39, 0.29) is 11.9 Å². The summed E-state index contributed by atoms with van der Waals surface area (Å²) in [6.07, 6.45) is 0. The number of para-hydroxylation sites is 1. The van der Waals surface area contributed by atoms with Gasteiger partial charge in [0, 0.05) is 5.69 Å². The van der Waals surface area contributed by atoms with Crippen molar-refractivity contribution in [1.29, 1.82) is 0 Å². The van der Waals surface area contributed by atoms with E-state index in [0.29, 0.717) is 0 Å². The molecule has 1 unspecified atom stereocenters. The smallest absolute Gasteiger partial charge is 0.242 e. The quantitative estimate of drug-likeness (QED) is 0.534. The first-order valence-corrected chi connectivity index (χ1v) is 5.45. The van der Waals surface area contributed by atoms with Crippen LogP contribution in [0.5, 0.6) is 0 Å². The molecule has 0 bridgehead atoms. The maximum Gasteiger partial charge on any atom is 0.242 e. The van der Waals surface area contributed by atoms with Crippen molar-refractivity contribution in [1.82, 2.24) is 0 Å². The number of carbonyl (C=O) groups excluding carboxylic acids is 1. The largest absolute Gasteiger partial charge is 0.370 e. The molecule has 0 heterocycles. The van der Waals surface area contributed by atoms with Crippen molar-refractivity contribution in [2.45, 2.75) is 19.9 Å². The summed E-state index contributed by atoms with van der Waals surface area (Å²) in [7, 11) is 0. The summed E-state index contributed by atoms with van der Waals surface area (Å²) in [4.78, 5) is 15.2. The number of hydrogen-bond donors (Lipinski definition) is 3. The van der Waals surface area contributed by atoms with Gasteiger partial charge in [-0.1, -0.05) is 32.0 Å². The van der Waals surface area contributed by atoms with Crippen LogP contribution >= 0.6 is 0 Å². The van der Waals surface area contributed by atoms with E-state index in [9.17, 15) is 4.79 Å². The van der Waals surface area contributed by atoms with Gasteiger partial charge in [0.25, 0.3) is 0 Å². The van der Waals surface area contributed by atoms with E-state index in [1.807, 2.05) is 44.2 Å². The Labute approximate surface area is 101 Å². The Hall–Kier alpha value is -2.04. The number of hydrogen-bond acceptors (Lipinski definition) is 2.